The van der Waals surface area contributed by atoms with E-state index in [0.29, 0.717) is 18.3 Å². The van der Waals surface area contributed by atoms with E-state index in [-0.39, 0.29) is 17.4 Å². The third kappa shape index (κ3) is 7.67. The minimum Gasteiger partial charge on any atom is -0.444 e. The minimum absolute atomic E-state index is 0.0776. The summed E-state index contributed by atoms with van der Waals surface area (Å²) in [4.78, 5) is 30.1. The van der Waals surface area contributed by atoms with Crippen molar-refractivity contribution in [3.05, 3.63) is 23.9 Å². The Morgan fingerprint density at radius 2 is 1.91 bits per heavy atom. The van der Waals surface area contributed by atoms with Gasteiger partial charge >= 0.3 is 6.09 Å². The monoisotopic (exact) mass is 473 g/mol. The van der Waals surface area contributed by atoms with E-state index in [1.165, 1.54) is 19.3 Å². The molecule has 2 aliphatic carbocycles. The number of pyridine rings is 1. The molecule has 0 aliphatic heterocycles. The first kappa shape index (κ1) is 26.4. The first-order valence-electron chi connectivity index (χ1n) is 12.7. The fourth-order valence-electron chi connectivity index (χ4n) is 4.87. The summed E-state index contributed by atoms with van der Waals surface area (Å²) < 4.78 is 5.44. The molecule has 2 amide bonds. The van der Waals surface area contributed by atoms with E-state index < -0.39 is 17.7 Å². The van der Waals surface area contributed by atoms with Gasteiger partial charge in [0.15, 0.2) is 0 Å². The smallest absolute Gasteiger partial charge is 0.408 e. The van der Waals surface area contributed by atoms with Crippen LogP contribution in [0.3, 0.4) is 0 Å². The van der Waals surface area contributed by atoms with Gasteiger partial charge in [-0.2, -0.15) is 0 Å². The van der Waals surface area contributed by atoms with Crippen molar-refractivity contribution in [1.29, 1.82) is 0 Å². The molecule has 0 spiro atoms. The van der Waals surface area contributed by atoms with Crippen LogP contribution in [0.4, 0.5) is 10.6 Å². The van der Waals surface area contributed by atoms with Crippen molar-refractivity contribution in [2.75, 3.05) is 18.9 Å². The Morgan fingerprint density at radius 1 is 1.21 bits per heavy atom. The number of nitrogens with one attached hydrogen (secondary N) is 4. The zero-order valence-corrected chi connectivity index (χ0v) is 21.5. The van der Waals surface area contributed by atoms with Crippen molar-refractivity contribution in [3.8, 4) is 0 Å². The summed E-state index contributed by atoms with van der Waals surface area (Å²) in [7, 11) is 2.02. The Morgan fingerprint density at radius 3 is 2.50 bits per heavy atom. The molecule has 34 heavy (non-hydrogen) atoms. The molecular formula is C26H43N5O3. The molecular weight excluding hydrogens is 430 g/mol. The first-order chi connectivity index (χ1) is 16.1. The predicted molar refractivity (Wildman–Crippen MR) is 134 cm³/mol. The molecule has 4 N–H and O–H groups in total. The van der Waals surface area contributed by atoms with Crippen LogP contribution in [0.5, 0.6) is 0 Å². The number of alkyl carbamates (subject to hydrolysis) is 1. The lowest BCUT2D eigenvalue weighted by atomic mass is 9.77. The lowest BCUT2D eigenvalue weighted by Crippen LogP contribution is -2.55. The number of nitrogens with zero attached hydrogens (tertiary/aromatic N) is 1. The lowest BCUT2D eigenvalue weighted by Gasteiger charge is -2.42. The standard InChI is InChI=1S/C26H43N5O3/c1-18-7-9-20(10-8-18)22(31-24(33)34-25(2,3)4)23(32)30-21-15-19(11-14-29-21)16-28-17-26(27-5)12-6-13-26/h11,14-15,18,20,22,27-28H,6-10,12-13,16-17H2,1-5H3,(H,31,33)(H,29,30,32). The summed E-state index contributed by atoms with van der Waals surface area (Å²) in [5.41, 5.74) is 0.641. The van der Waals surface area contributed by atoms with Crippen LogP contribution in [0, 0.1) is 11.8 Å². The Bertz CT molecular complexity index is 820. The number of amides is 2. The SMILES string of the molecule is CNC1(CNCc2ccnc(NC(=O)C(NC(=O)OC(C)(C)C)C3CCC(C)CC3)c2)CCC1. The van der Waals surface area contributed by atoms with Gasteiger partial charge in [-0.1, -0.05) is 19.8 Å². The highest BCUT2D eigenvalue weighted by Crippen LogP contribution is 2.32. The van der Waals surface area contributed by atoms with E-state index in [1.807, 2.05) is 40.0 Å². The van der Waals surface area contributed by atoms with Crippen LogP contribution < -0.4 is 21.3 Å². The topological polar surface area (TPSA) is 104 Å². The summed E-state index contributed by atoms with van der Waals surface area (Å²) in [5.74, 6) is 0.978. The number of likely N-dealkylation sites (N-methyl/N-ethyl adjacent to an activating group) is 1. The Kier molecular flexibility index (Phi) is 8.93. The predicted octanol–water partition coefficient (Wildman–Crippen LogP) is 3.97. The number of aromatic nitrogens is 1. The van der Waals surface area contributed by atoms with Crippen LogP contribution in [0.1, 0.15) is 78.2 Å². The molecule has 1 unspecified atom stereocenters. The van der Waals surface area contributed by atoms with Gasteiger partial charge in [-0.05, 0) is 89.5 Å². The number of carbonyl (C=O) groups is 2. The summed E-state index contributed by atoms with van der Waals surface area (Å²) in [6.45, 7) is 9.30. The molecule has 1 aromatic heterocycles. The van der Waals surface area contributed by atoms with Crippen molar-refractivity contribution in [2.24, 2.45) is 11.8 Å². The number of anilines is 1. The number of hydrogen-bond donors (Lipinski definition) is 4. The van der Waals surface area contributed by atoms with Crippen molar-refractivity contribution in [2.45, 2.75) is 96.4 Å². The van der Waals surface area contributed by atoms with Crippen LogP contribution in [0.15, 0.2) is 18.3 Å². The normalized spacial score (nSPS) is 22.9. The maximum absolute atomic E-state index is 13.3. The van der Waals surface area contributed by atoms with E-state index in [4.69, 9.17) is 4.74 Å². The highest BCUT2D eigenvalue weighted by molar-refractivity contribution is 5.96. The van der Waals surface area contributed by atoms with Gasteiger partial charge in [0.25, 0.3) is 0 Å². The Balaban J connectivity index is 1.61. The number of ether oxygens (including phenoxy) is 1. The van der Waals surface area contributed by atoms with Gasteiger partial charge in [0, 0.05) is 24.8 Å². The zero-order valence-electron chi connectivity index (χ0n) is 21.5. The fourth-order valence-corrected chi connectivity index (χ4v) is 4.87. The van der Waals surface area contributed by atoms with Gasteiger partial charge in [-0.3, -0.25) is 4.79 Å². The van der Waals surface area contributed by atoms with E-state index in [1.54, 1.807) is 6.20 Å². The molecule has 0 radical (unpaired) electrons. The fraction of sp³-hybridized carbons (Fsp3) is 0.731. The maximum Gasteiger partial charge on any atom is 0.408 e. The number of hydrogen-bond acceptors (Lipinski definition) is 6. The van der Waals surface area contributed by atoms with Crippen molar-refractivity contribution < 1.29 is 14.3 Å². The molecule has 0 aromatic carbocycles. The minimum atomic E-state index is -0.653. The van der Waals surface area contributed by atoms with Crippen LogP contribution in [-0.2, 0) is 16.1 Å². The molecule has 8 nitrogen and oxygen atoms in total. The van der Waals surface area contributed by atoms with Gasteiger partial charge in [-0.25, -0.2) is 9.78 Å². The molecule has 2 fully saturated rings. The summed E-state index contributed by atoms with van der Waals surface area (Å²) in [6, 6.07) is 3.19. The molecule has 1 atom stereocenters. The van der Waals surface area contributed by atoms with Gasteiger partial charge in [0.1, 0.15) is 17.5 Å². The Hall–Kier alpha value is -2.19. The number of carbonyl (C=O) groups excluding carboxylic acids is 2. The summed E-state index contributed by atoms with van der Waals surface area (Å²) in [6.07, 6.45) is 8.72. The highest BCUT2D eigenvalue weighted by atomic mass is 16.6. The average molecular weight is 474 g/mol. The first-order valence-corrected chi connectivity index (χ1v) is 12.7. The molecule has 1 heterocycles. The third-order valence-corrected chi connectivity index (χ3v) is 7.20. The van der Waals surface area contributed by atoms with Crippen LogP contribution in [0.2, 0.25) is 0 Å². The van der Waals surface area contributed by atoms with E-state index in [9.17, 15) is 9.59 Å². The third-order valence-electron chi connectivity index (χ3n) is 7.20. The zero-order chi connectivity index (χ0) is 24.8. The molecule has 8 heteroatoms. The molecule has 3 rings (SSSR count). The second-order valence-electron chi connectivity index (χ2n) is 11.2. The maximum atomic E-state index is 13.3. The van der Waals surface area contributed by atoms with Crippen molar-refractivity contribution in [1.82, 2.24) is 20.9 Å². The Labute approximate surface area is 204 Å². The van der Waals surface area contributed by atoms with Crippen molar-refractivity contribution >= 4 is 17.8 Å². The molecule has 2 aliphatic rings. The van der Waals surface area contributed by atoms with E-state index >= 15 is 0 Å². The van der Waals surface area contributed by atoms with E-state index in [2.05, 4.69) is 33.2 Å². The molecule has 0 bridgehead atoms. The second kappa shape index (κ2) is 11.5. The highest BCUT2D eigenvalue weighted by Gasteiger charge is 2.35. The molecule has 1 aromatic rings. The van der Waals surface area contributed by atoms with E-state index in [0.717, 1.165) is 37.8 Å². The van der Waals surface area contributed by atoms with Gasteiger partial charge < -0.3 is 26.0 Å². The average Bonchev–Trinajstić information content (AvgIpc) is 2.74. The quantitative estimate of drug-likeness (QED) is 0.433. The van der Waals surface area contributed by atoms with Crippen LogP contribution >= 0.6 is 0 Å². The molecule has 0 saturated heterocycles. The second-order valence-corrected chi connectivity index (χ2v) is 11.2. The van der Waals surface area contributed by atoms with Gasteiger partial charge in [0.05, 0.1) is 0 Å². The summed E-state index contributed by atoms with van der Waals surface area (Å²) >= 11 is 0. The number of rotatable bonds is 9. The molecule has 190 valence electrons. The van der Waals surface area contributed by atoms with Gasteiger partial charge in [0.2, 0.25) is 5.91 Å². The molecule has 2 saturated carbocycles. The van der Waals surface area contributed by atoms with Crippen LogP contribution in [0.25, 0.3) is 0 Å². The summed E-state index contributed by atoms with van der Waals surface area (Å²) in [5, 5.41) is 12.7. The van der Waals surface area contributed by atoms with Crippen molar-refractivity contribution in [3.63, 3.8) is 0 Å². The van der Waals surface area contributed by atoms with Crippen LogP contribution in [-0.4, -0.2) is 47.8 Å². The van der Waals surface area contributed by atoms with Gasteiger partial charge in [-0.15, -0.1) is 0 Å². The lowest BCUT2D eigenvalue weighted by molar-refractivity contribution is -0.119. The largest absolute Gasteiger partial charge is 0.444 e.